The lowest BCUT2D eigenvalue weighted by Crippen LogP contribution is -2.08. The maximum Gasteiger partial charge on any atom is 0.123 e. The number of aliphatic hydroxyl groups is 1. The minimum absolute atomic E-state index is 0.335. The molecule has 0 fully saturated rings. The van der Waals surface area contributed by atoms with Crippen molar-refractivity contribution < 1.29 is 9.50 Å². The first-order valence-corrected chi connectivity index (χ1v) is 2.91. The highest BCUT2D eigenvalue weighted by molar-refractivity contribution is 4.55. The van der Waals surface area contributed by atoms with E-state index in [2.05, 4.69) is 0 Å². The van der Waals surface area contributed by atoms with Crippen LogP contribution in [0.25, 0.3) is 0 Å². The molecule has 1 N–H and O–H groups in total. The zero-order chi connectivity index (χ0) is 6.57. The number of aliphatic hydroxyl groups excluding tert-OH is 1. The maximum absolute atomic E-state index is 12.1. The first-order chi connectivity index (χ1) is 3.66. The van der Waals surface area contributed by atoms with Gasteiger partial charge >= 0.3 is 0 Å². The van der Waals surface area contributed by atoms with Gasteiger partial charge in [-0.2, -0.15) is 0 Å². The van der Waals surface area contributed by atoms with E-state index in [9.17, 15) is 4.39 Å². The fourth-order valence-corrected chi connectivity index (χ4v) is 0.586. The zero-order valence-electron chi connectivity index (χ0n) is 5.39. The standard InChI is InChI=1S/C6H13FO/c1-5(2)3-6(7)4-8/h5-6,8H,3-4H2,1-2H3. The van der Waals surface area contributed by atoms with Gasteiger partial charge in [-0.25, -0.2) is 4.39 Å². The van der Waals surface area contributed by atoms with E-state index in [0.29, 0.717) is 12.3 Å². The van der Waals surface area contributed by atoms with Crippen LogP contribution in [0.15, 0.2) is 0 Å². The minimum atomic E-state index is -1.02. The molecule has 0 aliphatic heterocycles. The molecule has 0 bridgehead atoms. The van der Waals surface area contributed by atoms with Gasteiger partial charge in [0, 0.05) is 0 Å². The van der Waals surface area contributed by atoms with Crippen LogP contribution in [-0.4, -0.2) is 17.9 Å². The van der Waals surface area contributed by atoms with Crippen LogP contribution in [0.2, 0.25) is 0 Å². The van der Waals surface area contributed by atoms with Crippen LogP contribution in [-0.2, 0) is 0 Å². The quantitative estimate of drug-likeness (QED) is 0.596. The Morgan fingerprint density at radius 2 is 2.00 bits per heavy atom. The van der Waals surface area contributed by atoms with Gasteiger partial charge < -0.3 is 5.11 Å². The topological polar surface area (TPSA) is 20.2 Å². The second kappa shape index (κ2) is 3.84. The van der Waals surface area contributed by atoms with Crippen LogP contribution in [0.3, 0.4) is 0 Å². The molecule has 8 heavy (non-hydrogen) atoms. The molecule has 50 valence electrons. The van der Waals surface area contributed by atoms with Crippen molar-refractivity contribution >= 4 is 0 Å². The fraction of sp³-hybridized carbons (Fsp3) is 1.00. The van der Waals surface area contributed by atoms with Crippen molar-refractivity contribution in [1.82, 2.24) is 0 Å². The Morgan fingerprint density at radius 3 is 2.12 bits per heavy atom. The predicted molar refractivity (Wildman–Crippen MR) is 31.4 cm³/mol. The van der Waals surface area contributed by atoms with Crippen molar-refractivity contribution in [2.24, 2.45) is 5.92 Å². The smallest absolute Gasteiger partial charge is 0.123 e. The third-order valence-corrected chi connectivity index (χ3v) is 0.925. The summed E-state index contributed by atoms with van der Waals surface area (Å²) in [4.78, 5) is 0. The Labute approximate surface area is 49.5 Å². The third-order valence-electron chi connectivity index (χ3n) is 0.925. The largest absolute Gasteiger partial charge is 0.393 e. The van der Waals surface area contributed by atoms with Gasteiger partial charge in [0.05, 0.1) is 6.61 Å². The summed E-state index contributed by atoms with van der Waals surface area (Å²) < 4.78 is 12.1. The highest BCUT2D eigenvalue weighted by atomic mass is 19.1. The maximum atomic E-state index is 12.1. The lowest BCUT2D eigenvalue weighted by Gasteiger charge is -2.05. The molecule has 0 aliphatic rings. The molecule has 0 saturated carbocycles. The van der Waals surface area contributed by atoms with Crippen LogP contribution in [0, 0.1) is 5.92 Å². The molecule has 1 unspecified atom stereocenters. The van der Waals surface area contributed by atoms with Crippen molar-refractivity contribution in [3.8, 4) is 0 Å². The first-order valence-electron chi connectivity index (χ1n) is 2.91. The highest BCUT2D eigenvalue weighted by Crippen LogP contribution is 2.06. The van der Waals surface area contributed by atoms with Crippen LogP contribution < -0.4 is 0 Å². The molecule has 2 heteroatoms. The van der Waals surface area contributed by atoms with E-state index in [1.165, 1.54) is 0 Å². The second-order valence-electron chi connectivity index (χ2n) is 2.41. The predicted octanol–water partition coefficient (Wildman–Crippen LogP) is 1.36. The van der Waals surface area contributed by atoms with Crippen molar-refractivity contribution in [3.05, 3.63) is 0 Å². The molecule has 0 radical (unpaired) electrons. The van der Waals surface area contributed by atoms with Crippen LogP contribution in [0.1, 0.15) is 20.3 Å². The molecule has 0 aliphatic carbocycles. The number of hydrogen-bond acceptors (Lipinski definition) is 1. The summed E-state index contributed by atoms with van der Waals surface area (Å²) in [6, 6.07) is 0. The van der Waals surface area contributed by atoms with E-state index in [1.54, 1.807) is 0 Å². The van der Waals surface area contributed by atoms with E-state index in [0.717, 1.165) is 0 Å². The van der Waals surface area contributed by atoms with Crippen molar-refractivity contribution in [3.63, 3.8) is 0 Å². The molecule has 0 rings (SSSR count). The van der Waals surface area contributed by atoms with Crippen LogP contribution in [0.4, 0.5) is 4.39 Å². The van der Waals surface area contributed by atoms with Gasteiger partial charge in [0.15, 0.2) is 0 Å². The van der Waals surface area contributed by atoms with Crippen molar-refractivity contribution in [2.75, 3.05) is 6.61 Å². The van der Waals surface area contributed by atoms with Gasteiger partial charge in [0.2, 0.25) is 0 Å². The molecule has 1 nitrogen and oxygen atoms in total. The third kappa shape index (κ3) is 4.06. The van der Waals surface area contributed by atoms with Gasteiger partial charge in [-0.1, -0.05) is 13.8 Å². The Kier molecular flexibility index (Phi) is 3.79. The van der Waals surface area contributed by atoms with Gasteiger partial charge in [-0.3, -0.25) is 0 Å². The summed E-state index contributed by atoms with van der Waals surface area (Å²) in [7, 11) is 0. The SMILES string of the molecule is CC(C)CC(F)CO. The average Bonchev–Trinajstić information content (AvgIpc) is 1.65. The van der Waals surface area contributed by atoms with E-state index >= 15 is 0 Å². The van der Waals surface area contributed by atoms with Crippen LogP contribution in [0.5, 0.6) is 0 Å². The van der Waals surface area contributed by atoms with E-state index in [1.807, 2.05) is 13.8 Å². The summed E-state index contributed by atoms with van der Waals surface area (Å²) >= 11 is 0. The summed E-state index contributed by atoms with van der Waals surface area (Å²) in [5.74, 6) is 0.345. The summed E-state index contributed by atoms with van der Waals surface area (Å²) in [5.41, 5.74) is 0. The number of hydrogen-bond donors (Lipinski definition) is 1. The van der Waals surface area contributed by atoms with Crippen LogP contribution >= 0.6 is 0 Å². The number of halogens is 1. The molecule has 0 aromatic rings. The van der Waals surface area contributed by atoms with Gasteiger partial charge in [0.1, 0.15) is 6.17 Å². The highest BCUT2D eigenvalue weighted by Gasteiger charge is 2.05. The molecule has 0 aromatic heterocycles. The lowest BCUT2D eigenvalue weighted by molar-refractivity contribution is 0.158. The Hall–Kier alpha value is -0.110. The molecule has 0 spiro atoms. The Bertz CT molecular complexity index is 54.5. The van der Waals surface area contributed by atoms with E-state index in [4.69, 9.17) is 5.11 Å². The second-order valence-corrected chi connectivity index (χ2v) is 2.41. The van der Waals surface area contributed by atoms with Gasteiger partial charge in [-0.05, 0) is 12.3 Å². The molecule has 1 atom stereocenters. The molecule has 0 aromatic carbocycles. The summed E-state index contributed by atoms with van der Waals surface area (Å²) in [5, 5.41) is 8.21. The summed E-state index contributed by atoms with van der Waals surface area (Å²) in [6.45, 7) is 3.53. The molecule has 0 saturated heterocycles. The van der Waals surface area contributed by atoms with E-state index < -0.39 is 6.17 Å². The monoisotopic (exact) mass is 120 g/mol. The number of rotatable bonds is 3. The lowest BCUT2D eigenvalue weighted by atomic mass is 10.1. The fourth-order valence-electron chi connectivity index (χ4n) is 0.586. The first kappa shape index (κ1) is 7.89. The molecule has 0 amide bonds. The molecular formula is C6H13FO. The number of alkyl halides is 1. The summed E-state index contributed by atoms with van der Waals surface area (Å²) in [6.07, 6.45) is -0.550. The average molecular weight is 120 g/mol. The van der Waals surface area contributed by atoms with E-state index in [-0.39, 0.29) is 6.61 Å². The van der Waals surface area contributed by atoms with Crippen molar-refractivity contribution in [1.29, 1.82) is 0 Å². The minimum Gasteiger partial charge on any atom is -0.393 e. The molecular weight excluding hydrogens is 107 g/mol. The van der Waals surface area contributed by atoms with Crippen molar-refractivity contribution in [2.45, 2.75) is 26.4 Å². The zero-order valence-corrected chi connectivity index (χ0v) is 5.39. The van der Waals surface area contributed by atoms with Gasteiger partial charge in [0.25, 0.3) is 0 Å². The van der Waals surface area contributed by atoms with Gasteiger partial charge in [-0.15, -0.1) is 0 Å². The Morgan fingerprint density at radius 1 is 1.50 bits per heavy atom. The molecule has 0 heterocycles. The normalized spacial score (nSPS) is 14.6. The Balaban J connectivity index is 3.10.